The van der Waals surface area contributed by atoms with Crippen LogP contribution in [0.3, 0.4) is 0 Å². The fourth-order valence-electron chi connectivity index (χ4n) is 4.40. The fourth-order valence-corrected chi connectivity index (χ4v) is 5.74. The van der Waals surface area contributed by atoms with Crippen LogP contribution in [0.15, 0.2) is 63.1 Å². The predicted octanol–water partition coefficient (Wildman–Crippen LogP) is 2.71. The number of ether oxygens (including phenoxy) is 1. The average molecular weight is 516 g/mol. The summed E-state index contributed by atoms with van der Waals surface area (Å²) in [7, 11) is -2.86. The minimum absolute atomic E-state index is 0.0662. The Kier molecular flexibility index (Phi) is 6.38. The summed E-state index contributed by atoms with van der Waals surface area (Å²) in [5, 5.41) is 13.7. The minimum atomic E-state index is -4.28. The molecular formula is C25H26FN3O6S. The molecule has 0 saturated heterocycles. The number of halogens is 1. The highest BCUT2D eigenvalue weighted by Crippen LogP contribution is 2.42. The van der Waals surface area contributed by atoms with Crippen molar-refractivity contribution in [3.8, 4) is 5.75 Å². The van der Waals surface area contributed by atoms with Gasteiger partial charge in [-0.15, -0.1) is 0 Å². The molecule has 0 radical (unpaired) electrons. The summed E-state index contributed by atoms with van der Waals surface area (Å²) < 4.78 is 48.7. The van der Waals surface area contributed by atoms with E-state index in [4.69, 9.17) is 4.74 Å². The summed E-state index contributed by atoms with van der Waals surface area (Å²) in [5.74, 6) is -1.86. The molecule has 2 aromatic rings. The molecule has 9 nitrogen and oxygen atoms in total. The monoisotopic (exact) mass is 515 g/mol. The molecule has 1 atom stereocenters. The van der Waals surface area contributed by atoms with Crippen LogP contribution < -0.4 is 10.1 Å². The topological polar surface area (TPSA) is 125 Å². The van der Waals surface area contributed by atoms with E-state index < -0.39 is 45.7 Å². The summed E-state index contributed by atoms with van der Waals surface area (Å²) in [6.07, 6.45) is 0. The second-order valence-corrected chi connectivity index (χ2v) is 11.1. The van der Waals surface area contributed by atoms with Crippen LogP contribution in [-0.2, 0) is 26.2 Å². The molecule has 2 N–H and O–H groups in total. The zero-order valence-electron chi connectivity index (χ0n) is 20.2. The van der Waals surface area contributed by atoms with E-state index in [1.54, 1.807) is 12.1 Å². The van der Waals surface area contributed by atoms with Crippen LogP contribution in [0.5, 0.6) is 5.75 Å². The summed E-state index contributed by atoms with van der Waals surface area (Å²) in [6.45, 7) is 5.17. The SMILES string of the molecule is CNC(=O)COc1cccc2c1S(=O)(=O)N=C2C1=C(O)[C@H](C(C)(C)C)N(Cc2ccc(F)cc2)C1=O. The second-order valence-electron chi connectivity index (χ2n) is 9.60. The van der Waals surface area contributed by atoms with Gasteiger partial charge in [0, 0.05) is 19.2 Å². The predicted molar refractivity (Wildman–Crippen MR) is 130 cm³/mol. The van der Waals surface area contributed by atoms with E-state index in [1.165, 1.54) is 42.3 Å². The van der Waals surface area contributed by atoms with E-state index in [9.17, 15) is 27.5 Å². The van der Waals surface area contributed by atoms with Gasteiger partial charge in [0.25, 0.3) is 21.8 Å². The standard InChI is InChI=1S/C25H26FN3O6S/c1-25(2,3)23-21(31)19(24(32)29(23)12-14-8-10-15(26)11-9-14)20-16-6-5-7-17(35-13-18(30)27-4)22(16)36(33,34)28-20/h5-11,23,31H,12-13H2,1-4H3,(H,27,30)/t23-/m1/s1. The molecule has 0 fully saturated rings. The molecule has 0 saturated carbocycles. The lowest BCUT2D eigenvalue weighted by molar-refractivity contribution is -0.129. The van der Waals surface area contributed by atoms with Gasteiger partial charge in [-0.1, -0.05) is 45.0 Å². The van der Waals surface area contributed by atoms with Crippen molar-refractivity contribution in [3.05, 3.63) is 70.7 Å². The Morgan fingerprint density at radius 3 is 2.47 bits per heavy atom. The van der Waals surface area contributed by atoms with Crippen LogP contribution in [0.4, 0.5) is 4.39 Å². The van der Waals surface area contributed by atoms with Gasteiger partial charge < -0.3 is 20.1 Å². The van der Waals surface area contributed by atoms with Crippen LogP contribution in [0.25, 0.3) is 0 Å². The van der Waals surface area contributed by atoms with Crippen molar-refractivity contribution in [2.45, 2.75) is 38.3 Å². The minimum Gasteiger partial charge on any atom is -0.509 e. The second kappa shape index (κ2) is 9.05. The number of aliphatic hydroxyl groups is 1. The van der Waals surface area contributed by atoms with Gasteiger partial charge in [0.2, 0.25) is 0 Å². The van der Waals surface area contributed by atoms with Crippen molar-refractivity contribution in [3.63, 3.8) is 0 Å². The smallest absolute Gasteiger partial charge is 0.287 e. The van der Waals surface area contributed by atoms with Crippen molar-refractivity contribution >= 4 is 27.5 Å². The van der Waals surface area contributed by atoms with Crippen LogP contribution >= 0.6 is 0 Å². The number of nitrogens with zero attached hydrogens (tertiary/aromatic N) is 2. The lowest BCUT2D eigenvalue weighted by Crippen LogP contribution is -2.43. The number of hydrogen-bond donors (Lipinski definition) is 2. The molecule has 0 unspecified atom stereocenters. The Bertz CT molecular complexity index is 1410. The highest BCUT2D eigenvalue weighted by molar-refractivity contribution is 7.91. The van der Waals surface area contributed by atoms with E-state index in [1.807, 2.05) is 20.8 Å². The largest absolute Gasteiger partial charge is 0.509 e. The third-order valence-electron chi connectivity index (χ3n) is 5.97. The third-order valence-corrected chi connectivity index (χ3v) is 7.33. The van der Waals surface area contributed by atoms with Gasteiger partial charge in [0.05, 0.1) is 6.04 Å². The van der Waals surface area contributed by atoms with Gasteiger partial charge in [0.1, 0.15) is 33.5 Å². The number of aliphatic hydroxyl groups excluding tert-OH is 1. The molecule has 2 aromatic carbocycles. The molecule has 2 aliphatic rings. The number of fused-ring (bicyclic) bond motifs is 1. The van der Waals surface area contributed by atoms with Gasteiger partial charge >= 0.3 is 0 Å². The number of rotatable bonds is 6. The molecule has 0 aromatic heterocycles. The molecular weight excluding hydrogens is 489 g/mol. The van der Waals surface area contributed by atoms with Gasteiger partial charge in [-0.05, 0) is 29.2 Å². The Hall–Kier alpha value is -3.73. The van der Waals surface area contributed by atoms with Crippen molar-refractivity contribution in [1.29, 1.82) is 0 Å². The first kappa shape index (κ1) is 25.4. The molecule has 2 amide bonds. The Labute approximate surface area is 208 Å². The number of carbonyl (C=O) groups is 2. The highest BCUT2D eigenvalue weighted by Gasteiger charge is 2.49. The van der Waals surface area contributed by atoms with E-state index in [2.05, 4.69) is 9.71 Å². The van der Waals surface area contributed by atoms with Crippen LogP contribution in [0.1, 0.15) is 31.9 Å². The van der Waals surface area contributed by atoms with E-state index >= 15 is 0 Å². The Balaban J connectivity index is 1.78. The van der Waals surface area contributed by atoms with E-state index in [0.29, 0.717) is 5.56 Å². The quantitative estimate of drug-likeness (QED) is 0.610. The molecule has 4 rings (SSSR count). The number of carbonyl (C=O) groups excluding carboxylic acids is 2. The summed E-state index contributed by atoms with van der Waals surface area (Å²) >= 11 is 0. The fraction of sp³-hybridized carbons (Fsp3) is 0.320. The summed E-state index contributed by atoms with van der Waals surface area (Å²) in [6, 6.07) is 9.23. The first-order valence-corrected chi connectivity index (χ1v) is 12.6. The summed E-state index contributed by atoms with van der Waals surface area (Å²) in [4.78, 5) is 26.4. The first-order chi connectivity index (χ1) is 16.8. The van der Waals surface area contributed by atoms with Crippen LogP contribution in [0.2, 0.25) is 0 Å². The van der Waals surface area contributed by atoms with Gasteiger partial charge in [-0.25, -0.2) is 4.39 Å². The summed E-state index contributed by atoms with van der Waals surface area (Å²) in [5.41, 5.74) is -0.299. The molecule has 0 spiro atoms. The van der Waals surface area contributed by atoms with Crippen molar-refractivity contribution in [2.24, 2.45) is 9.81 Å². The lowest BCUT2D eigenvalue weighted by atomic mass is 9.84. The Morgan fingerprint density at radius 1 is 1.19 bits per heavy atom. The number of sulfonamides is 1. The molecule has 0 aliphatic carbocycles. The average Bonchev–Trinajstić information content (AvgIpc) is 3.22. The van der Waals surface area contributed by atoms with Crippen molar-refractivity contribution < 1.29 is 32.2 Å². The molecule has 0 bridgehead atoms. The number of amides is 2. The molecule has 2 heterocycles. The highest BCUT2D eigenvalue weighted by atomic mass is 32.2. The lowest BCUT2D eigenvalue weighted by Gasteiger charge is -2.35. The van der Waals surface area contributed by atoms with Gasteiger partial charge in [-0.3, -0.25) is 9.59 Å². The van der Waals surface area contributed by atoms with E-state index in [-0.39, 0.29) is 39.8 Å². The van der Waals surface area contributed by atoms with E-state index in [0.717, 1.165) is 0 Å². The maximum Gasteiger partial charge on any atom is 0.287 e. The number of nitrogens with one attached hydrogen (secondary N) is 1. The van der Waals surface area contributed by atoms with Crippen molar-refractivity contribution in [2.75, 3.05) is 13.7 Å². The molecule has 190 valence electrons. The van der Waals surface area contributed by atoms with Crippen molar-refractivity contribution in [1.82, 2.24) is 10.2 Å². The van der Waals surface area contributed by atoms with Gasteiger partial charge in [-0.2, -0.15) is 12.8 Å². The third kappa shape index (κ3) is 4.46. The maximum absolute atomic E-state index is 13.7. The zero-order chi connectivity index (χ0) is 26.4. The van der Waals surface area contributed by atoms with Crippen LogP contribution in [-0.4, -0.2) is 55.6 Å². The number of hydrogen-bond acceptors (Lipinski definition) is 6. The zero-order valence-corrected chi connectivity index (χ0v) is 21.0. The Morgan fingerprint density at radius 2 is 1.86 bits per heavy atom. The molecule has 2 aliphatic heterocycles. The normalized spacial score (nSPS) is 18.8. The number of benzene rings is 2. The molecule has 36 heavy (non-hydrogen) atoms. The maximum atomic E-state index is 13.7. The van der Waals surface area contributed by atoms with Crippen LogP contribution in [0, 0.1) is 11.2 Å². The van der Waals surface area contributed by atoms with Gasteiger partial charge in [0.15, 0.2) is 6.61 Å². The first-order valence-electron chi connectivity index (χ1n) is 11.2. The molecule has 11 heteroatoms. The number of likely N-dealkylation sites (N-methyl/N-ethyl adjacent to an activating group) is 1.